The van der Waals surface area contributed by atoms with Crippen LogP contribution in [0.1, 0.15) is 31.4 Å². The van der Waals surface area contributed by atoms with E-state index in [0.717, 1.165) is 22.5 Å². The van der Waals surface area contributed by atoms with E-state index in [2.05, 4.69) is 26.6 Å². The van der Waals surface area contributed by atoms with Crippen LogP contribution < -0.4 is 10.6 Å². The van der Waals surface area contributed by atoms with E-state index in [4.69, 9.17) is 0 Å². The molecular formula is C14H20BrClN2O. The van der Waals surface area contributed by atoms with Crippen LogP contribution in [0.25, 0.3) is 0 Å². The summed E-state index contributed by atoms with van der Waals surface area (Å²) in [6.45, 7) is 3.39. The quantitative estimate of drug-likeness (QED) is 0.830. The second kappa shape index (κ2) is 7.88. The van der Waals surface area contributed by atoms with Gasteiger partial charge in [-0.1, -0.05) is 28.1 Å². The summed E-state index contributed by atoms with van der Waals surface area (Å²) in [5, 5.41) is 6.19. The van der Waals surface area contributed by atoms with Crippen LogP contribution in [-0.4, -0.2) is 19.0 Å². The highest BCUT2D eigenvalue weighted by atomic mass is 79.9. The van der Waals surface area contributed by atoms with Crippen molar-refractivity contribution in [3.63, 3.8) is 0 Å². The number of carbonyl (C=O) groups excluding carboxylic acids is 1. The van der Waals surface area contributed by atoms with Gasteiger partial charge in [0.2, 0.25) is 5.91 Å². The summed E-state index contributed by atoms with van der Waals surface area (Å²) in [5.41, 5.74) is 1.12. The van der Waals surface area contributed by atoms with Gasteiger partial charge in [0.25, 0.3) is 0 Å². The van der Waals surface area contributed by atoms with Crippen LogP contribution in [0, 0.1) is 5.92 Å². The minimum Gasteiger partial charge on any atom is -0.348 e. The summed E-state index contributed by atoms with van der Waals surface area (Å²) in [5.74, 6) is 0.868. The zero-order chi connectivity index (χ0) is 13.0. The molecule has 3 nitrogen and oxygen atoms in total. The smallest absolute Gasteiger partial charge is 0.234 e. The van der Waals surface area contributed by atoms with Crippen LogP contribution in [0.3, 0.4) is 0 Å². The summed E-state index contributed by atoms with van der Waals surface area (Å²) >= 11 is 3.40. The molecule has 1 amide bonds. The highest BCUT2D eigenvalue weighted by Crippen LogP contribution is 2.27. The molecule has 1 unspecified atom stereocenters. The Labute approximate surface area is 129 Å². The second-order valence-corrected chi connectivity index (χ2v) is 5.83. The Morgan fingerprint density at radius 3 is 2.58 bits per heavy atom. The number of amides is 1. The van der Waals surface area contributed by atoms with Crippen molar-refractivity contribution in [1.29, 1.82) is 0 Å². The Hall–Kier alpha value is -0.580. The van der Waals surface area contributed by atoms with Gasteiger partial charge in [0.15, 0.2) is 0 Å². The third-order valence-electron chi connectivity index (χ3n) is 3.16. The van der Waals surface area contributed by atoms with Crippen molar-refractivity contribution in [2.24, 2.45) is 5.92 Å². The fourth-order valence-electron chi connectivity index (χ4n) is 1.84. The van der Waals surface area contributed by atoms with Crippen molar-refractivity contribution in [2.75, 3.05) is 13.1 Å². The number of benzene rings is 1. The van der Waals surface area contributed by atoms with Crippen molar-refractivity contribution in [1.82, 2.24) is 10.6 Å². The van der Waals surface area contributed by atoms with E-state index in [9.17, 15) is 4.79 Å². The zero-order valence-corrected chi connectivity index (χ0v) is 13.4. The van der Waals surface area contributed by atoms with Gasteiger partial charge in [-0.15, -0.1) is 12.4 Å². The summed E-state index contributed by atoms with van der Waals surface area (Å²) in [4.78, 5) is 11.7. The molecule has 1 atom stereocenters. The lowest BCUT2D eigenvalue weighted by Crippen LogP contribution is -2.36. The SMILES string of the molecule is CC(NC(=O)CNCC1CC1)c1ccc(Br)cc1.Cl. The monoisotopic (exact) mass is 346 g/mol. The predicted octanol–water partition coefficient (Wildman–Crippen LogP) is 3.05. The summed E-state index contributed by atoms with van der Waals surface area (Å²) < 4.78 is 1.05. The van der Waals surface area contributed by atoms with E-state index >= 15 is 0 Å². The molecule has 0 spiro atoms. The van der Waals surface area contributed by atoms with Gasteiger partial charge >= 0.3 is 0 Å². The number of halogens is 2. The normalized spacial score (nSPS) is 15.5. The Bertz CT molecular complexity index is 406. The van der Waals surface area contributed by atoms with Crippen molar-refractivity contribution in [3.05, 3.63) is 34.3 Å². The molecule has 1 aliphatic carbocycles. The summed E-state index contributed by atoms with van der Waals surface area (Å²) in [7, 11) is 0. The van der Waals surface area contributed by atoms with Gasteiger partial charge in [-0.05, 0) is 49.9 Å². The molecule has 0 aliphatic heterocycles. The van der Waals surface area contributed by atoms with Crippen LogP contribution in [0.15, 0.2) is 28.7 Å². The first kappa shape index (κ1) is 16.5. The van der Waals surface area contributed by atoms with Crippen LogP contribution in [0.5, 0.6) is 0 Å². The first-order chi connectivity index (χ1) is 8.65. The van der Waals surface area contributed by atoms with Crippen molar-refractivity contribution in [3.8, 4) is 0 Å². The molecule has 19 heavy (non-hydrogen) atoms. The Balaban J connectivity index is 0.00000180. The van der Waals surface area contributed by atoms with Gasteiger partial charge in [-0.2, -0.15) is 0 Å². The number of hydrogen-bond acceptors (Lipinski definition) is 2. The molecule has 1 aliphatic rings. The molecule has 1 aromatic carbocycles. The lowest BCUT2D eigenvalue weighted by molar-refractivity contribution is -0.120. The van der Waals surface area contributed by atoms with E-state index in [-0.39, 0.29) is 24.4 Å². The molecule has 2 rings (SSSR count). The van der Waals surface area contributed by atoms with Gasteiger partial charge in [0, 0.05) is 4.47 Å². The molecule has 5 heteroatoms. The first-order valence-corrected chi connectivity index (χ1v) is 7.20. The maximum atomic E-state index is 11.7. The fraction of sp³-hybridized carbons (Fsp3) is 0.500. The minimum absolute atomic E-state index is 0. The Morgan fingerprint density at radius 1 is 1.37 bits per heavy atom. The van der Waals surface area contributed by atoms with Crippen LogP contribution in [-0.2, 0) is 4.79 Å². The third kappa shape index (κ3) is 5.93. The van der Waals surface area contributed by atoms with Crippen molar-refractivity contribution >= 4 is 34.2 Å². The molecule has 0 aromatic heterocycles. The molecule has 0 bridgehead atoms. The van der Waals surface area contributed by atoms with E-state index in [1.807, 2.05) is 31.2 Å². The number of nitrogens with one attached hydrogen (secondary N) is 2. The molecule has 0 heterocycles. The molecule has 1 fully saturated rings. The molecule has 1 aromatic rings. The lowest BCUT2D eigenvalue weighted by Gasteiger charge is -2.14. The van der Waals surface area contributed by atoms with E-state index in [1.165, 1.54) is 12.8 Å². The Morgan fingerprint density at radius 2 is 2.00 bits per heavy atom. The lowest BCUT2D eigenvalue weighted by atomic mass is 10.1. The van der Waals surface area contributed by atoms with Crippen LogP contribution in [0.4, 0.5) is 0 Å². The molecule has 106 valence electrons. The van der Waals surface area contributed by atoms with Gasteiger partial charge in [0.05, 0.1) is 12.6 Å². The molecule has 0 radical (unpaired) electrons. The van der Waals surface area contributed by atoms with Gasteiger partial charge in [0.1, 0.15) is 0 Å². The standard InChI is InChI=1S/C14H19BrN2O.ClH/c1-10(12-4-6-13(15)7-5-12)17-14(18)9-16-8-11-2-3-11;/h4-7,10-11,16H,2-3,8-9H2,1H3,(H,17,18);1H. The highest BCUT2D eigenvalue weighted by Gasteiger charge is 2.20. The number of rotatable bonds is 6. The third-order valence-corrected chi connectivity index (χ3v) is 3.69. The Kier molecular flexibility index (Phi) is 6.83. The van der Waals surface area contributed by atoms with Gasteiger partial charge in [-0.25, -0.2) is 0 Å². The van der Waals surface area contributed by atoms with Crippen LogP contribution in [0.2, 0.25) is 0 Å². The first-order valence-electron chi connectivity index (χ1n) is 6.40. The topological polar surface area (TPSA) is 41.1 Å². The maximum absolute atomic E-state index is 11.7. The van der Waals surface area contributed by atoms with Gasteiger partial charge < -0.3 is 10.6 Å². The molecule has 0 saturated heterocycles. The van der Waals surface area contributed by atoms with E-state index < -0.39 is 0 Å². The summed E-state index contributed by atoms with van der Waals surface area (Å²) in [6.07, 6.45) is 2.62. The van der Waals surface area contributed by atoms with Crippen LogP contribution >= 0.6 is 28.3 Å². The number of carbonyl (C=O) groups is 1. The number of hydrogen-bond donors (Lipinski definition) is 2. The fourth-order valence-corrected chi connectivity index (χ4v) is 2.10. The average molecular weight is 348 g/mol. The van der Waals surface area contributed by atoms with Crippen molar-refractivity contribution < 1.29 is 4.79 Å². The average Bonchev–Trinajstić information content (AvgIpc) is 3.13. The molecular weight excluding hydrogens is 328 g/mol. The minimum atomic E-state index is 0. The highest BCUT2D eigenvalue weighted by molar-refractivity contribution is 9.10. The van der Waals surface area contributed by atoms with Crippen molar-refractivity contribution in [2.45, 2.75) is 25.8 Å². The second-order valence-electron chi connectivity index (χ2n) is 4.92. The molecule has 1 saturated carbocycles. The zero-order valence-electron chi connectivity index (χ0n) is 11.0. The van der Waals surface area contributed by atoms with E-state index in [1.54, 1.807) is 0 Å². The maximum Gasteiger partial charge on any atom is 0.234 e. The van der Waals surface area contributed by atoms with E-state index in [0.29, 0.717) is 6.54 Å². The molecule has 2 N–H and O–H groups in total. The summed E-state index contributed by atoms with van der Waals surface area (Å²) in [6, 6.07) is 8.07. The van der Waals surface area contributed by atoms with Gasteiger partial charge in [-0.3, -0.25) is 4.79 Å². The largest absolute Gasteiger partial charge is 0.348 e. The predicted molar refractivity (Wildman–Crippen MR) is 83.5 cm³/mol.